The normalized spacial score (nSPS) is 14.4. The maximum Gasteiger partial charge on any atom is 0.389 e. The first-order valence-electron chi connectivity index (χ1n) is 8.23. The van der Waals surface area contributed by atoms with Crippen molar-refractivity contribution >= 4 is 5.97 Å². The second kappa shape index (κ2) is 8.89. The Morgan fingerprint density at radius 2 is 1.19 bits per heavy atom. The van der Waals surface area contributed by atoms with Crippen LogP contribution in [0.15, 0.2) is 0 Å². The molecule has 0 spiro atoms. The third-order valence-electron chi connectivity index (χ3n) is 4.20. The molecule has 162 valence electrons. The van der Waals surface area contributed by atoms with Crippen molar-refractivity contribution < 1.29 is 49.0 Å². The first-order chi connectivity index (χ1) is 11.9. The zero-order chi connectivity index (χ0) is 21.7. The number of halogens is 9. The topological polar surface area (TPSA) is 26.3 Å². The fraction of sp³-hybridized carbons (Fsp3) is 0.938. The number of carbonyl (C=O) groups excluding carboxylic acids is 1. The van der Waals surface area contributed by atoms with Crippen molar-refractivity contribution in [2.75, 3.05) is 6.61 Å². The fourth-order valence-electron chi connectivity index (χ4n) is 1.76. The van der Waals surface area contributed by atoms with Gasteiger partial charge in [-0.2, -0.15) is 30.7 Å². The molecular formula is C16H23F9O2. The number of alkyl halides is 9. The van der Waals surface area contributed by atoms with Gasteiger partial charge in [-0.05, 0) is 20.3 Å². The van der Waals surface area contributed by atoms with Gasteiger partial charge in [0.2, 0.25) is 0 Å². The van der Waals surface area contributed by atoms with Crippen molar-refractivity contribution in [3.05, 3.63) is 0 Å². The zero-order valence-electron chi connectivity index (χ0n) is 15.2. The van der Waals surface area contributed by atoms with Crippen molar-refractivity contribution in [1.29, 1.82) is 0 Å². The minimum Gasteiger partial charge on any atom is -0.465 e. The molecule has 0 aliphatic carbocycles. The van der Waals surface area contributed by atoms with Crippen LogP contribution in [0.1, 0.15) is 59.3 Å². The largest absolute Gasteiger partial charge is 0.465 e. The monoisotopic (exact) mass is 418 g/mol. The van der Waals surface area contributed by atoms with Gasteiger partial charge in [-0.15, -0.1) is 0 Å². The molecule has 0 aromatic rings. The zero-order valence-corrected chi connectivity index (χ0v) is 15.2. The van der Waals surface area contributed by atoms with Gasteiger partial charge in [0.25, 0.3) is 5.92 Å². The number of hydrogen-bond acceptors (Lipinski definition) is 2. The SMILES string of the molecule is CCC(C)(C)C(=O)OCCC(F)(F)CCC(F)(F)C(F)(F)CCC(F)(F)F. The van der Waals surface area contributed by atoms with E-state index in [1.54, 1.807) is 6.92 Å². The van der Waals surface area contributed by atoms with Gasteiger partial charge in [0.15, 0.2) is 0 Å². The van der Waals surface area contributed by atoms with Crippen LogP contribution in [0.4, 0.5) is 39.5 Å². The predicted octanol–water partition coefficient (Wildman–Crippen LogP) is 6.38. The average Bonchev–Trinajstić information content (AvgIpc) is 2.50. The molecule has 11 heteroatoms. The van der Waals surface area contributed by atoms with Gasteiger partial charge >= 0.3 is 24.0 Å². The minimum absolute atomic E-state index is 0.363. The van der Waals surface area contributed by atoms with Gasteiger partial charge in [-0.3, -0.25) is 4.79 Å². The van der Waals surface area contributed by atoms with Crippen molar-refractivity contribution in [2.24, 2.45) is 5.41 Å². The van der Waals surface area contributed by atoms with E-state index in [0.717, 1.165) is 0 Å². The van der Waals surface area contributed by atoms with E-state index in [4.69, 9.17) is 0 Å². The van der Waals surface area contributed by atoms with Crippen molar-refractivity contribution in [3.63, 3.8) is 0 Å². The molecule has 0 bridgehead atoms. The highest BCUT2D eigenvalue weighted by molar-refractivity contribution is 5.75. The molecule has 0 aliphatic rings. The maximum absolute atomic E-state index is 13.6. The molecule has 0 aliphatic heterocycles. The van der Waals surface area contributed by atoms with E-state index in [1.807, 2.05) is 0 Å². The lowest BCUT2D eigenvalue weighted by Crippen LogP contribution is -2.42. The maximum atomic E-state index is 13.6. The summed E-state index contributed by atoms with van der Waals surface area (Å²) in [5, 5.41) is 0. The summed E-state index contributed by atoms with van der Waals surface area (Å²) in [4.78, 5) is 11.6. The summed E-state index contributed by atoms with van der Waals surface area (Å²) in [6.07, 6.45) is -13.9. The molecule has 0 saturated heterocycles. The molecular weight excluding hydrogens is 395 g/mol. The van der Waals surface area contributed by atoms with Crippen LogP contribution in [0.2, 0.25) is 0 Å². The van der Waals surface area contributed by atoms with E-state index in [2.05, 4.69) is 4.74 Å². The van der Waals surface area contributed by atoms with Crippen LogP contribution < -0.4 is 0 Å². The predicted molar refractivity (Wildman–Crippen MR) is 79.0 cm³/mol. The number of rotatable bonds is 11. The van der Waals surface area contributed by atoms with Crippen LogP contribution in [-0.4, -0.2) is 36.5 Å². The molecule has 0 atom stereocenters. The van der Waals surface area contributed by atoms with Gasteiger partial charge in [-0.1, -0.05) is 6.92 Å². The highest BCUT2D eigenvalue weighted by Gasteiger charge is 2.57. The van der Waals surface area contributed by atoms with E-state index < -0.39 is 74.0 Å². The van der Waals surface area contributed by atoms with E-state index in [-0.39, 0.29) is 0 Å². The molecule has 0 heterocycles. The summed E-state index contributed by atoms with van der Waals surface area (Å²) in [6.45, 7) is 3.89. The second-order valence-corrected chi connectivity index (χ2v) is 7.00. The molecule has 0 unspecified atom stereocenters. The van der Waals surface area contributed by atoms with Crippen molar-refractivity contribution in [2.45, 2.75) is 83.2 Å². The Labute approximate surface area is 151 Å². The van der Waals surface area contributed by atoms with Gasteiger partial charge in [0.05, 0.1) is 12.0 Å². The third kappa shape index (κ3) is 9.05. The Bertz CT molecular complexity index is 485. The quantitative estimate of drug-likeness (QED) is 0.287. The van der Waals surface area contributed by atoms with Crippen LogP contribution in [0.5, 0.6) is 0 Å². The molecule has 27 heavy (non-hydrogen) atoms. The smallest absolute Gasteiger partial charge is 0.389 e. The average molecular weight is 418 g/mol. The Balaban J connectivity index is 4.62. The van der Waals surface area contributed by atoms with Crippen LogP contribution in [0.25, 0.3) is 0 Å². The van der Waals surface area contributed by atoms with E-state index in [9.17, 15) is 44.3 Å². The Morgan fingerprint density at radius 1 is 0.741 bits per heavy atom. The number of carbonyl (C=O) groups is 1. The summed E-state index contributed by atoms with van der Waals surface area (Å²) < 4.78 is 121. The minimum atomic E-state index is -5.07. The van der Waals surface area contributed by atoms with Crippen LogP contribution >= 0.6 is 0 Å². The van der Waals surface area contributed by atoms with Gasteiger partial charge in [0.1, 0.15) is 0 Å². The lowest BCUT2D eigenvalue weighted by Gasteiger charge is -2.28. The highest BCUT2D eigenvalue weighted by atomic mass is 19.4. The molecule has 0 radical (unpaired) electrons. The first-order valence-corrected chi connectivity index (χ1v) is 8.23. The molecule has 2 nitrogen and oxygen atoms in total. The van der Waals surface area contributed by atoms with Crippen molar-refractivity contribution in [3.8, 4) is 0 Å². The Hall–Kier alpha value is -1.16. The standard InChI is InChI=1S/C16H23F9O2/c1-4-12(2,3)11(26)27-10-9-13(17,18)5-6-14(19,20)15(21,22)7-8-16(23,24)25/h4-10H2,1-3H3. The van der Waals surface area contributed by atoms with Gasteiger partial charge in [-0.25, -0.2) is 8.78 Å². The summed E-state index contributed by atoms with van der Waals surface area (Å²) in [6, 6.07) is 0. The number of ether oxygens (including phenoxy) is 1. The fourth-order valence-corrected chi connectivity index (χ4v) is 1.76. The molecule has 0 aromatic heterocycles. The van der Waals surface area contributed by atoms with Crippen molar-refractivity contribution in [1.82, 2.24) is 0 Å². The number of hydrogen-bond donors (Lipinski definition) is 0. The third-order valence-corrected chi connectivity index (χ3v) is 4.20. The molecule has 0 fully saturated rings. The summed E-state index contributed by atoms with van der Waals surface area (Å²) in [5.41, 5.74) is -0.928. The second-order valence-electron chi connectivity index (χ2n) is 7.00. The summed E-state index contributed by atoms with van der Waals surface area (Å²) >= 11 is 0. The molecule has 0 amide bonds. The van der Waals surface area contributed by atoms with Crippen LogP contribution in [-0.2, 0) is 9.53 Å². The summed E-state index contributed by atoms with van der Waals surface area (Å²) in [7, 11) is 0. The van der Waals surface area contributed by atoms with Crippen LogP contribution in [0.3, 0.4) is 0 Å². The Morgan fingerprint density at radius 3 is 1.59 bits per heavy atom. The summed E-state index contributed by atoms with van der Waals surface area (Å²) in [5.74, 6) is -14.7. The first kappa shape index (κ1) is 25.8. The molecule has 0 N–H and O–H groups in total. The highest BCUT2D eigenvalue weighted by Crippen LogP contribution is 2.44. The lowest BCUT2D eigenvalue weighted by atomic mass is 9.91. The number of esters is 1. The Kier molecular flexibility index (Phi) is 8.51. The van der Waals surface area contributed by atoms with E-state index >= 15 is 0 Å². The molecule has 0 aromatic carbocycles. The van der Waals surface area contributed by atoms with E-state index in [1.165, 1.54) is 13.8 Å². The molecule has 0 rings (SSSR count). The van der Waals surface area contributed by atoms with Gasteiger partial charge < -0.3 is 4.74 Å². The van der Waals surface area contributed by atoms with Crippen LogP contribution in [0, 0.1) is 5.41 Å². The van der Waals surface area contributed by atoms with E-state index in [0.29, 0.717) is 6.42 Å². The lowest BCUT2D eigenvalue weighted by molar-refractivity contribution is -0.235. The molecule has 0 saturated carbocycles. The van der Waals surface area contributed by atoms with Gasteiger partial charge in [0, 0.05) is 32.1 Å².